The first-order valence-corrected chi connectivity index (χ1v) is 8.17. The van der Waals surface area contributed by atoms with Gasteiger partial charge in [-0.2, -0.15) is 11.8 Å². The molecule has 4 unspecified atom stereocenters. The van der Waals surface area contributed by atoms with Gasteiger partial charge in [0.2, 0.25) is 0 Å². The summed E-state index contributed by atoms with van der Waals surface area (Å²) in [6.45, 7) is 2.49. The van der Waals surface area contributed by atoms with Gasteiger partial charge in [0.05, 0.1) is 12.2 Å². The summed E-state index contributed by atoms with van der Waals surface area (Å²) in [7, 11) is 0. The van der Waals surface area contributed by atoms with E-state index in [2.05, 4.69) is 17.2 Å². The second-order valence-corrected chi connectivity index (χ2v) is 7.18. The van der Waals surface area contributed by atoms with Crippen LogP contribution in [-0.4, -0.2) is 42.5 Å². The van der Waals surface area contributed by atoms with Crippen molar-refractivity contribution in [3.63, 3.8) is 0 Å². The molecule has 0 aromatic heterocycles. The van der Waals surface area contributed by atoms with E-state index in [0.29, 0.717) is 17.2 Å². The monoisotopic (exact) mass is 272 g/mol. The average Bonchev–Trinajstić information content (AvgIpc) is 3.03. The lowest BCUT2D eigenvalue weighted by atomic mass is 9.80. The molecule has 3 N–H and O–H groups in total. The molecule has 0 aromatic carbocycles. The third kappa shape index (κ3) is 2.56. The molecule has 0 aliphatic carbocycles. The molecule has 18 heavy (non-hydrogen) atoms. The molecule has 0 bridgehead atoms. The highest BCUT2D eigenvalue weighted by molar-refractivity contribution is 8.00. The minimum absolute atomic E-state index is 0.00128. The van der Waals surface area contributed by atoms with Crippen molar-refractivity contribution >= 4 is 11.8 Å². The summed E-state index contributed by atoms with van der Waals surface area (Å²) >= 11 is 2.09. The Hall–Kier alpha value is 0.190. The van der Waals surface area contributed by atoms with Crippen molar-refractivity contribution in [2.45, 2.75) is 49.0 Å². The molecule has 4 atom stereocenters. The Morgan fingerprint density at radius 2 is 2.28 bits per heavy atom. The van der Waals surface area contributed by atoms with Crippen LogP contribution in [0.1, 0.15) is 32.1 Å². The zero-order valence-corrected chi connectivity index (χ0v) is 11.7. The van der Waals surface area contributed by atoms with Crippen molar-refractivity contribution in [2.75, 3.05) is 25.6 Å². The maximum Gasteiger partial charge on any atom is 0.0939 e. The van der Waals surface area contributed by atoms with Crippen LogP contribution < -0.4 is 11.3 Å². The van der Waals surface area contributed by atoms with E-state index in [-0.39, 0.29) is 5.60 Å². The van der Waals surface area contributed by atoms with Gasteiger partial charge >= 0.3 is 0 Å². The molecule has 1 spiro atoms. The molecule has 4 nitrogen and oxygen atoms in total. The molecule has 3 aliphatic heterocycles. The Kier molecular flexibility index (Phi) is 4.15. The van der Waals surface area contributed by atoms with Gasteiger partial charge in [-0.25, -0.2) is 0 Å². The first-order valence-electron chi connectivity index (χ1n) is 7.12. The minimum atomic E-state index is 0.00128. The molecular weight excluding hydrogens is 248 g/mol. The van der Waals surface area contributed by atoms with Gasteiger partial charge in [-0.05, 0) is 37.4 Å². The van der Waals surface area contributed by atoms with E-state index in [1.807, 2.05) is 0 Å². The zero-order chi connectivity index (χ0) is 12.4. The van der Waals surface area contributed by atoms with E-state index in [9.17, 15) is 0 Å². The predicted molar refractivity (Wildman–Crippen MR) is 73.4 cm³/mol. The second-order valence-electron chi connectivity index (χ2n) is 5.83. The molecule has 0 amide bonds. The molecule has 5 heteroatoms. The number of rotatable bonds is 3. The molecule has 0 radical (unpaired) electrons. The lowest BCUT2D eigenvalue weighted by molar-refractivity contribution is -0.103. The molecule has 3 heterocycles. The van der Waals surface area contributed by atoms with Crippen LogP contribution in [0.2, 0.25) is 0 Å². The van der Waals surface area contributed by atoms with Crippen molar-refractivity contribution in [2.24, 2.45) is 11.8 Å². The maximum atomic E-state index is 6.01. The van der Waals surface area contributed by atoms with Crippen LogP contribution in [0.15, 0.2) is 0 Å². The molecular formula is C13H24N2O2S. The normalized spacial score (nSPS) is 42.5. The topological polar surface area (TPSA) is 56.5 Å². The third-order valence-electron chi connectivity index (χ3n) is 4.66. The highest BCUT2D eigenvalue weighted by Crippen LogP contribution is 2.40. The first-order chi connectivity index (χ1) is 8.83. The Bertz CT molecular complexity index is 278. The largest absolute Gasteiger partial charge is 0.378 e. The molecule has 0 aromatic rings. The number of hydrogen-bond acceptors (Lipinski definition) is 5. The number of nitrogens with one attached hydrogen (secondary N) is 1. The standard InChI is InChI=1S/C13H24N2O2S/c14-15-12(11-2-1-7-18-11)10-3-5-17-13(8-10)4-6-16-9-13/h10-12,15H,1-9,14H2. The van der Waals surface area contributed by atoms with Crippen LogP contribution in [-0.2, 0) is 9.47 Å². The fourth-order valence-electron chi connectivity index (χ4n) is 3.67. The fourth-order valence-corrected chi connectivity index (χ4v) is 5.15. The van der Waals surface area contributed by atoms with E-state index in [4.69, 9.17) is 15.3 Å². The number of nitrogens with two attached hydrogens (primary N) is 1. The minimum Gasteiger partial charge on any atom is -0.378 e. The van der Waals surface area contributed by atoms with Gasteiger partial charge in [0, 0.05) is 30.9 Å². The summed E-state index contributed by atoms with van der Waals surface area (Å²) in [6.07, 6.45) is 5.94. The van der Waals surface area contributed by atoms with Crippen molar-refractivity contribution in [1.82, 2.24) is 5.43 Å². The summed E-state index contributed by atoms with van der Waals surface area (Å²) < 4.78 is 11.6. The van der Waals surface area contributed by atoms with E-state index < -0.39 is 0 Å². The van der Waals surface area contributed by atoms with Crippen molar-refractivity contribution in [3.8, 4) is 0 Å². The SMILES string of the molecule is NNC(C1CCOC2(CCOC2)C1)C1CCCS1. The van der Waals surface area contributed by atoms with Crippen LogP contribution in [0.4, 0.5) is 0 Å². The van der Waals surface area contributed by atoms with Crippen molar-refractivity contribution in [1.29, 1.82) is 0 Å². The lowest BCUT2D eigenvalue weighted by Crippen LogP contribution is -2.52. The van der Waals surface area contributed by atoms with Gasteiger partial charge in [-0.3, -0.25) is 11.3 Å². The second kappa shape index (κ2) is 5.67. The van der Waals surface area contributed by atoms with Crippen LogP contribution >= 0.6 is 11.8 Å². The van der Waals surface area contributed by atoms with Gasteiger partial charge in [-0.15, -0.1) is 0 Å². The average molecular weight is 272 g/mol. The van der Waals surface area contributed by atoms with E-state index in [1.54, 1.807) is 0 Å². The summed E-state index contributed by atoms with van der Waals surface area (Å²) in [5, 5.41) is 0.692. The van der Waals surface area contributed by atoms with Crippen molar-refractivity contribution < 1.29 is 9.47 Å². The third-order valence-corrected chi connectivity index (χ3v) is 6.15. The van der Waals surface area contributed by atoms with Gasteiger partial charge in [0.1, 0.15) is 0 Å². The Morgan fingerprint density at radius 3 is 2.94 bits per heavy atom. The van der Waals surface area contributed by atoms with Crippen molar-refractivity contribution in [3.05, 3.63) is 0 Å². The Morgan fingerprint density at radius 1 is 1.33 bits per heavy atom. The highest BCUT2D eigenvalue weighted by atomic mass is 32.2. The smallest absolute Gasteiger partial charge is 0.0939 e. The van der Waals surface area contributed by atoms with Gasteiger partial charge in [0.15, 0.2) is 0 Å². The number of hydrogen-bond donors (Lipinski definition) is 2. The summed E-state index contributed by atoms with van der Waals surface area (Å²) in [5.41, 5.74) is 3.10. The van der Waals surface area contributed by atoms with Crippen LogP contribution in [0.3, 0.4) is 0 Å². The van der Waals surface area contributed by atoms with Gasteiger partial charge in [-0.1, -0.05) is 0 Å². The molecule has 3 fully saturated rings. The van der Waals surface area contributed by atoms with E-state index >= 15 is 0 Å². The van der Waals surface area contributed by atoms with Crippen LogP contribution in [0.25, 0.3) is 0 Å². The maximum absolute atomic E-state index is 6.01. The Balaban J connectivity index is 1.66. The fraction of sp³-hybridized carbons (Fsp3) is 1.00. The summed E-state index contributed by atoms with van der Waals surface area (Å²) in [4.78, 5) is 0. The molecule has 104 valence electrons. The molecule has 3 aliphatic rings. The summed E-state index contributed by atoms with van der Waals surface area (Å²) in [5.74, 6) is 7.77. The number of thioether (sulfide) groups is 1. The zero-order valence-electron chi connectivity index (χ0n) is 10.9. The van der Waals surface area contributed by atoms with E-state index in [0.717, 1.165) is 39.1 Å². The quantitative estimate of drug-likeness (QED) is 0.599. The van der Waals surface area contributed by atoms with Gasteiger partial charge in [0.25, 0.3) is 0 Å². The van der Waals surface area contributed by atoms with Gasteiger partial charge < -0.3 is 9.47 Å². The number of ether oxygens (including phenoxy) is 2. The first kappa shape index (κ1) is 13.2. The number of hydrazine groups is 1. The lowest BCUT2D eigenvalue weighted by Gasteiger charge is -2.41. The predicted octanol–water partition coefficient (Wildman–Crippen LogP) is 1.30. The van der Waals surface area contributed by atoms with E-state index in [1.165, 1.54) is 18.6 Å². The molecule has 0 saturated carbocycles. The van der Waals surface area contributed by atoms with Crippen LogP contribution in [0, 0.1) is 5.92 Å². The Labute approximate surface area is 113 Å². The highest BCUT2D eigenvalue weighted by Gasteiger charge is 2.44. The molecule has 3 saturated heterocycles. The molecule has 3 rings (SSSR count). The summed E-state index contributed by atoms with van der Waals surface area (Å²) in [6, 6.07) is 0.443. The van der Waals surface area contributed by atoms with Crippen LogP contribution in [0.5, 0.6) is 0 Å².